The van der Waals surface area contributed by atoms with E-state index in [0.717, 1.165) is 19.0 Å². The number of halogens is 1. The lowest BCUT2D eigenvalue weighted by molar-refractivity contribution is 0.166. The van der Waals surface area contributed by atoms with Crippen molar-refractivity contribution in [2.45, 2.75) is 26.3 Å². The molecule has 0 aliphatic carbocycles. The molecule has 0 radical (unpaired) electrons. The van der Waals surface area contributed by atoms with E-state index < -0.39 is 0 Å². The number of nitrogens with zero attached hydrogens (tertiary/aromatic N) is 1. The van der Waals surface area contributed by atoms with Gasteiger partial charge in [0.15, 0.2) is 0 Å². The first-order chi connectivity index (χ1) is 8.78. The monoisotopic (exact) mass is 310 g/mol. The molecular formula is C15H23BrN2. The van der Waals surface area contributed by atoms with Crippen LogP contribution >= 0.6 is 15.9 Å². The van der Waals surface area contributed by atoms with Crippen LogP contribution in [0, 0.1) is 5.92 Å². The summed E-state index contributed by atoms with van der Waals surface area (Å²) in [5.74, 6) is 0.825. The van der Waals surface area contributed by atoms with Crippen LogP contribution in [0.15, 0.2) is 28.7 Å². The van der Waals surface area contributed by atoms with Gasteiger partial charge in [0.05, 0.1) is 0 Å². The molecule has 100 valence electrons. The molecule has 1 aromatic carbocycles. The van der Waals surface area contributed by atoms with Crippen LogP contribution in [0.3, 0.4) is 0 Å². The molecule has 1 aliphatic heterocycles. The standard InChI is InChI=1S/C15H23BrN2/c1-2-17-10-14-6-4-8-18(12-14)11-13-5-3-7-15(16)9-13/h3,5,7,9,14,17H,2,4,6,8,10-12H2,1H3. The third-order valence-electron chi connectivity index (χ3n) is 3.58. The molecule has 1 fully saturated rings. The molecule has 1 aliphatic rings. The van der Waals surface area contributed by atoms with Crippen LogP contribution < -0.4 is 5.32 Å². The van der Waals surface area contributed by atoms with Crippen molar-refractivity contribution in [2.24, 2.45) is 5.92 Å². The van der Waals surface area contributed by atoms with Crippen LogP contribution in [0.1, 0.15) is 25.3 Å². The average Bonchev–Trinajstić information content (AvgIpc) is 2.37. The van der Waals surface area contributed by atoms with E-state index in [0.29, 0.717) is 0 Å². The SMILES string of the molecule is CCNCC1CCCN(Cc2cccc(Br)c2)C1. The maximum absolute atomic E-state index is 3.54. The molecule has 1 atom stereocenters. The molecule has 18 heavy (non-hydrogen) atoms. The highest BCUT2D eigenvalue weighted by Gasteiger charge is 2.19. The van der Waals surface area contributed by atoms with Gasteiger partial charge in [-0.25, -0.2) is 0 Å². The molecule has 1 aromatic rings. The van der Waals surface area contributed by atoms with Crippen molar-refractivity contribution >= 4 is 15.9 Å². The van der Waals surface area contributed by atoms with Crippen LogP contribution in [0.4, 0.5) is 0 Å². The summed E-state index contributed by atoms with van der Waals surface area (Å²) in [4.78, 5) is 2.59. The second-order valence-electron chi connectivity index (χ2n) is 5.18. The maximum atomic E-state index is 3.54. The second kappa shape index (κ2) is 7.27. The zero-order valence-electron chi connectivity index (χ0n) is 11.2. The Morgan fingerprint density at radius 3 is 3.11 bits per heavy atom. The summed E-state index contributed by atoms with van der Waals surface area (Å²) in [5, 5.41) is 3.48. The number of hydrogen-bond acceptors (Lipinski definition) is 2. The third kappa shape index (κ3) is 4.38. The van der Waals surface area contributed by atoms with Gasteiger partial charge in [-0.1, -0.05) is 35.0 Å². The Morgan fingerprint density at radius 1 is 1.44 bits per heavy atom. The predicted octanol–water partition coefficient (Wildman–Crippen LogP) is 3.27. The highest BCUT2D eigenvalue weighted by atomic mass is 79.9. The fourth-order valence-electron chi connectivity index (χ4n) is 2.70. The van der Waals surface area contributed by atoms with Crippen molar-refractivity contribution in [3.05, 3.63) is 34.3 Å². The summed E-state index contributed by atoms with van der Waals surface area (Å²) in [5.41, 5.74) is 1.41. The van der Waals surface area contributed by atoms with Gasteiger partial charge in [0.1, 0.15) is 0 Å². The smallest absolute Gasteiger partial charge is 0.0234 e. The third-order valence-corrected chi connectivity index (χ3v) is 4.07. The fourth-order valence-corrected chi connectivity index (χ4v) is 3.15. The summed E-state index contributed by atoms with van der Waals surface area (Å²) in [6.07, 6.45) is 2.71. The zero-order valence-corrected chi connectivity index (χ0v) is 12.7. The summed E-state index contributed by atoms with van der Waals surface area (Å²) >= 11 is 3.54. The minimum absolute atomic E-state index is 0.825. The number of nitrogens with one attached hydrogen (secondary N) is 1. The molecule has 1 heterocycles. The van der Waals surface area contributed by atoms with E-state index in [1.807, 2.05) is 0 Å². The Bertz CT molecular complexity index is 367. The van der Waals surface area contributed by atoms with Gasteiger partial charge in [0.2, 0.25) is 0 Å². The first-order valence-electron chi connectivity index (χ1n) is 6.95. The number of hydrogen-bond donors (Lipinski definition) is 1. The van der Waals surface area contributed by atoms with Crippen molar-refractivity contribution in [1.29, 1.82) is 0 Å². The minimum atomic E-state index is 0.825. The molecule has 3 heteroatoms. The molecule has 1 saturated heterocycles. The molecule has 2 nitrogen and oxygen atoms in total. The van der Waals surface area contributed by atoms with E-state index in [1.165, 1.54) is 42.5 Å². The summed E-state index contributed by atoms with van der Waals surface area (Å²) < 4.78 is 1.18. The van der Waals surface area contributed by atoms with Gasteiger partial charge in [-0.3, -0.25) is 4.90 Å². The van der Waals surface area contributed by atoms with E-state index in [9.17, 15) is 0 Å². The van der Waals surface area contributed by atoms with Gasteiger partial charge in [-0.05, 0) is 56.1 Å². The minimum Gasteiger partial charge on any atom is -0.317 e. The van der Waals surface area contributed by atoms with Gasteiger partial charge in [-0.15, -0.1) is 0 Å². The van der Waals surface area contributed by atoms with Crippen LogP contribution in [0.5, 0.6) is 0 Å². The van der Waals surface area contributed by atoms with E-state index in [2.05, 4.69) is 57.3 Å². The Morgan fingerprint density at radius 2 is 2.33 bits per heavy atom. The summed E-state index contributed by atoms with van der Waals surface area (Å²) in [6.45, 7) is 8.01. The Balaban J connectivity index is 1.85. The second-order valence-corrected chi connectivity index (χ2v) is 6.10. The highest BCUT2D eigenvalue weighted by Crippen LogP contribution is 2.19. The molecule has 2 rings (SSSR count). The predicted molar refractivity (Wildman–Crippen MR) is 80.7 cm³/mol. The number of benzene rings is 1. The van der Waals surface area contributed by atoms with Crippen LogP contribution in [-0.4, -0.2) is 31.1 Å². The lowest BCUT2D eigenvalue weighted by atomic mass is 9.97. The number of likely N-dealkylation sites (tertiary alicyclic amines) is 1. The van der Waals surface area contributed by atoms with E-state index in [1.54, 1.807) is 0 Å². The highest BCUT2D eigenvalue weighted by molar-refractivity contribution is 9.10. The summed E-state index contributed by atoms with van der Waals surface area (Å²) in [7, 11) is 0. The van der Waals surface area contributed by atoms with Crippen LogP contribution in [-0.2, 0) is 6.54 Å². The molecule has 0 saturated carbocycles. The number of rotatable bonds is 5. The van der Waals surface area contributed by atoms with Gasteiger partial charge in [-0.2, -0.15) is 0 Å². The van der Waals surface area contributed by atoms with Crippen LogP contribution in [0.2, 0.25) is 0 Å². The van der Waals surface area contributed by atoms with Gasteiger partial charge in [0, 0.05) is 17.6 Å². The first-order valence-corrected chi connectivity index (χ1v) is 7.74. The zero-order chi connectivity index (χ0) is 12.8. The van der Waals surface area contributed by atoms with E-state index >= 15 is 0 Å². The average molecular weight is 311 g/mol. The molecule has 0 aromatic heterocycles. The first kappa shape index (κ1) is 14.0. The van der Waals surface area contributed by atoms with Crippen molar-refractivity contribution in [3.8, 4) is 0 Å². The lowest BCUT2D eigenvalue weighted by Crippen LogP contribution is -2.39. The Kier molecular flexibility index (Phi) is 5.67. The Labute approximate surface area is 119 Å². The largest absolute Gasteiger partial charge is 0.317 e. The molecule has 0 spiro atoms. The van der Waals surface area contributed by atoms with Crippen molar-refractivity contribution in [3.63, 3.8) is 0 Å². The van der Waals surface area contributed by atoms with Crippen molar-refractivity contribution in [2.75, 3.05) is 26.2 Å². The van der Waals surface area contributed by atoms with Gasteiger partial charge >= 0.3 is 0 Å². The van der Waals surface area contributed by atoms with Crippen molar-refractivity contribution < 1.29 is 0 Å². The lowest BCUT2D eigenvalue weighted by Gasteiger charge is -2.32. The molecule has 0 amide bonds. The number of piperidine rings is 1. The van der Waals surface area contributed by atoms with Crippen molar-refractivity contribution in [1.82, 2.24) is 10.2 Å². The molecule has 1 unspecified atom stereocenters. The van der Waals surface area contributed by atoms with Gasteiger partial charge < -0.3 is 5.32 Å². The summed E-state index contributed by atoms with van der Waals surface area (Å²) in [6, 6.07) is 8.67. The molecular weight excluding hydrogens is 288 g/mol. The fraction of sp³-hybridized carbons (Fsp3) is 0.600. The molecule has 0 bridgehead atoms. The normalized spacial score (nSPS) is 21.1. The van der Waals surface area contributed by atoms with Crippen LogP contribution in [0.25, 0.3) is 0 Å². The Hall–Kier alpha value is -0.380. The topological polar surface area (TPSA) is 15.3 Å². The van der Waals surface area contributed by atoms with Gasteiger partial charge in [0.25, 0.3) is 0 Å². The quantitative estimate of drug-likeness (QED) is 0.898. The van der Waals surface area contributed by atoms with E-state index in [4.69, 9.17) is 0 Å². The molecule has 1 N–H and O–H groups in total. The maximum Gasteiger partial charge on any atom is 0.0234 e. The van der Waals surface area contributed by atoms with E-state index in [-0.39, 0.29) is 0 Å².